The Balaban J connectivity index is 2.76. The quantitative estimate of drug-likeness (QED) is 0.607. The minimum absolute atomic E-state index is 0.173. The van der Waals surface area contributed by atoms with Crippen molar-refractivity contribution in [2.24, 2.45) is 0 Å². The SMILES string of the molecule is CC1=CCC(=C(C)CO)C=C1. The van der Waals surface area contributed by atoms with Crippen LogP contribution in [0.1, 0.15) is 20.3 Å². The molecule has 0 saturated carbocycles. The molecule has 1 aliphatic rings. The highest BCUT2D eigenvalue weighted by atomic mass is 16.3. The highest BCUT2D eigenvalue weighted by Gasteiger charge is 2.00. The van der Waals surface area contributed by atoms with Crippen LogP contribution in [-0.4, -0.2) is 11.7 Å². The van der Waals surface area contributed by atoms with Crippen molar-refractivity contribution < 1.29 is 5.11 Å². The molecule has 0 aromatic heterocycles. The van der Waals surface area contributed by atoms with Crippen LogP contribution in [0.15, 0.2) is 34.9 Å². The molecule has 0 aliphatic heterocycles. The van der Waals surface area contributed by atoms with E-state index < -0.39 is 0 Å². The van der Waals surface area contributed by atoms with Gasteiger partial charge in [-0.3, -0.25) is 0 Å². The summed E-state index contributed by atoms with van der Waals surface area (Å²) in [6, 6.07) is 0. The van der Waals surface area contributed by atoms with Gasteiger partial charge in [0.15, 0.2) is 0 Å². The fourth-order valence-corrected chi connectivity index (χ4v) is 1.06. The van der Waals surface area contributed by atoms with Crippen LogP contribution in [0.5, 0.6) is 0 Å². The van der Waals surface area contributed by atoms with Gasteiger partial charge in [0.25, 0.3) is 0 Å². The Hall–Kier alpha value is -0.820. The van der Waals surface area contributed by atoms with Crippen LogP contribution in [0.3, 0.4) is 0 Å². The van der Waals surface area contributed by atoms with Crippen LogP contribution in [-0.2, 0) is 0 Å². The molecule has 0 fully saturated rings. The maximum Gasteiger partial charge on any atom is 0.0644 e. The molecule has 0 heterocycles. The lowest BCUT2D eigenvalue weighted by Crippen LogP contribution is -1.93. The Morgan fingerprint density at radius 1 is 1.55 bits per heavy atom. The van der Waals surface area contributed by atoms with Gasteiger partial charge in [-0.2, -0.15) is 0 Å². The molecule has 60 valence electrons. The maximum absolute atomic E-state index is 8.84. The molecule has 1 aliphatic carbocycles. The van der Waals surface area contributed by atoms with E-state index in [0.717, 1.165) is 12.0 Å². The van der Waals surface area contributed by atoms with Crippen molar-refractivity contribution in [2.75, 3.05) is 6.61 Å². The Bertz CT molecular complexity index is 231. The Morgan fingerprint density at radius 2 is 2.27 bits per heavy atom. The third kappa shape index (κ3) is 2.05. The van der Waals surface area contributed by atoms with Crippen molar-refractivity contribution in [1.29, 1.82) is 0 Å². The topological polar surface area (TPSA) is 20.2 Å². The molecule has 0 atom stereocenters. The van der Waals surface area contributed by atoms with Crippen LogP contribution in [0.2, 0.25) is 0 Å². The molecule has 0 saturated heterocycles. The zero-order chi connectivity index (χ0) is 8.27. The molecular weight excluding hydrogens is 136 g/mol. The normalized spacial score (nSPS) is 21.5. The number of rotatable bonds is 1. The first-order valence-corrected chi connectivity index (χ1v) is 3.88. The monoisotopic (exact) mass is 150 g/mol. The van der Waals surface area contributed by atoms with Gasteiger partial charge in [-0.05, 0) is 31.4 Å². The highest BCUT2D eigenvalue weighted by molar-refractivity contribution is 5.37. The first-order chi connectivity index (χ1) is 5.24. The lowest BCUT2D eigenvalue weighted by molar-refractivity contribution is 0.330. The summed E-state index contributed by atoms with van der Waals surface area (Å²) in [5, 5.41) is 8.84. The molecule has 0 radical (unpaired) electrons. The van der Waals surface area contributed by atoms with Crippen molar-refractivity contribution in [1.82, 2.24) is 0 Å². The molecule has 0 aromatic carbocycles. The van der Waals surface area contributed by atoms with Gasteiger partial charge < -0.3 is 5.11 Å². The maximum atomic E-state index is 8.84. The van der Waals surface area contributed by atoms with Crippen LogP contribution < -0.4 is 0 Å². The van der Waals surface area contributed by atoms with Crippen LogP contribution >= 0.6 is 0 Å². The van der Waals surface area contributed by atoms with E-state index in [4.69, 9.17) is 5.11 Å². The zero-order valence-corrected chi connectivity index (χ0v) is 7.09. The van der Waals surface area contributed by atoms with Gasteiger partial charge in [0.05, 0.1) is 6.61 Å². The zero-order valence-electron chi connectivity index (χ0n) is 7.09. The summed E-state index contributed by atoms with van der Waals surface area (Å²) < 4.78 is 0. The minimum atomic E-state index is 0.173. The fourth-order valence-electron chi connectivity index (χ4n) is 1.06. The summed E-state index contributed by atoms with van der Waals surface area (Å²) in [4.78, 5) is 0. The lowest BCUT2D eigenvalue weighted by atomic mass is 9.99. The molecule has 0 bridgehead atoms. The molecule has 1 heteroatoms. The average Bonchev–Trinajstić information content (AvgIpc) is 2.05. The van der Waals surface area contributed by atoms with E-state index in [0.29, 0.717) is 0 Å². The first kappa shape index (κ1) is 8.28. The predicted molar refractivity (Wildman–Crippen MR) is 47.3 cm³/mol. The van der Waals surface area contributed by atoms with Crippen molar-refractivity contribution in [2.45, 2.75) is 20.3 Å². The average molecular weight is 150 g/mol. The van der Waals surface area contributed by atoms with Gasteiger partial charge >= 0.3 is 0 Å². The van der Waals surface area contributed by atoms with E-state index in [9.17, 15) is 0 Å². The van der Waals surface area contributed by atoms with E-state index >= 15 is 0 Å². The van der Waals surface area contributed by atoms with Gasteiger partial charge in [-0.25, -0.2) is 0 Å². The molecule has 11 heavy (non-hydrogen) atoms. The fraction of sp³-hybridized carbons (Fsp3) is 0.400. The lowest BCUT2D eigenvalue weighted by Gasteiger charge is -2.08. The summed E-state index contributed by atoms with van der Waals surface area (Å²) in [7, 11) is 0. The van der Waals surface area contributed by atoms with E-state index in [-0.39, 0.29) is 6.61 Å². The second-order valence-electron chi connectivity index (χ2n) is 2.95. The van der Waals surface area contributed by atoms with Crippen LogP contribution in [0, 0.1) is 0 Å². The number of aliphatic hydroxyl groups excluding tert-OH is 1. The number of aliphatic hydroxyl groups is 1. The van der Waals surface area contributed by atoms with E-state index in [1.165, 1.54) is 11.1 Å². The molecule has 1 N–H and O–H groups in total. The third-order valence-electron chi connectivity index (χ3n) is 1.98. The second-order valence-corrected chi connectivity index (χ2v) is 2.95. The molecular formula is C10H14O. The Morgan fingerprint density at radius 3 is 2.73 bits per heavy atom. The van der Waals surface area contributed by atoms with E-state index in [1.54, 1.807) is 0 Å². The van der Waals surface area contributed by atoms with Crippen molar-refractivity contribution >= 4 is 0 Å². The van der Waals surface area contributed by atoms with Gasteiger partial charge in [0.2, 0.25) is 0 Å². The highest BCUT2D eigenvalue weighted by Crippen LogP contribution is 2.17. The van der Waals surface area contributed by atoms with Crippen molar-refractivity contribution in [3.63, 3.8) is 0 Å². The molecule has 0 amide bonds. The molecule has 1 nitrogen and oxygen atoms in total. The Kier molecular flexibility index (Phi) is 2.66. The summed E-state index contributed by atoms with van der Waals surface area (Å²) in [5.74, 6) is 0. The molecule has 0 unspecified atom stereocenters. The van der Waals surface area contributed by atoms with Gasteiger partial charge in [-0.1, -0.05) is 23.8 Å². The second kappa shape index (κ2) is 3.54. The van der Waals surface area contributed by atoms with Crippen LogP contribution in [0.25, 0.3) is 0 Å². The van der Waals surface area contributed by atoms with Gasteiger partial charge in [0, 0.05) is 0 Å². The van der Waals surface area contributed by atoms with Crippen molar-refractivity contribution in [3.8, 4) is 0 Å². The first-order valence-electron chi connectivity index (χ1n) is 3.88. The van der Waals surface area contributed by atoms with Gasteiger partial charge in [-0.15, -0.1) is 0 Å². The molecule has 1 rings (SSSR count). The van der Waals surface area contributed by atoms with Gasteiger partial charge in [0.1, 0.15) is 0 Å². The number of hydrogen-bond acceptors (Lipinski definition) is 1. The molecule has 0 aromatic rings. The third-order valence-corrected chi connectivity index (χ3v) is 1.98. The summed E-state index contributed by atoms with van der Waals surface area (Å²) in [6.07, 6.45) is 7.31. The molecule has 0 spiro atoms. The Labute approximate surface area is 67.7 Å². The smallest absolute Gasteiger partial charge is 0.0644 e. The van der Waals surface area contributed by atoms with Crippen molar-refractivity contribution in [3.05, 3.63) is 34.9 Å². The summed E-state index contributed by atoms with van der Waals surface area (Å²) in [5.41, 5.74) is 3.63. The largest absolute Gasteiger partial charge is 0.392 e. The van der Waals surface area contributed by atoms with E-state index in [2.05, 4.69) is 25.2 Å². The summed E-state index contributed by atoms with van der Waals surface area (Å²) >= 11 is 0. The minimum Gasteiger partial charge on any atom is -0.392 e. The predicted octanol–water partition coefficient (Wildman–Crippen LogP) is 2.20. The summed E-state index contributed by atoms with van der Waals surface area (Å²) in [6.45, 7) is 4.22. The van der Waals surface area contributed by atoms with Crippen LogP contribution in [0.4, 0.5) is 0 Å². The standard InChI is InChI=1S/C10H14O/c1-8-3-5-10(6-4-8)9(2)7-11/h3-5,11H,6-7H2,1-2H3. The number of hydrogen-bond donors (Lipinski definition) is 1. The van der Waals surface area contributed by atoms with E-state index in [1.807, 2.05) is 6.92 Å². The number of allylic oxidation sites excluding steroid dienone is 5.